The number of fused-ring (bicyclic) bond motifs is 1. The number of rotatable bonds is 3. The van der Waals surface area contributed by atoms with Gasteiger partial charge in [0.1, 0.15) is 10.7 Å². The highest BCUT2D eigenvalue weighted by Gasteiger charge is 2.37. The minimum absolute atomic E-state index is 0.0427. The Balaban J connectivity index is 1.72. The number of nitrogens with one attached hydrogen (secondary N) is 2. The van der Waals surface area contributed by atoms with Crippen LogP contribution in [0, 0.1) is 0 Å². The molecule has 0 aliphatic carbocycles. The largest absolute Gasteiger partial charge is 0.382 e. The van der Waals surface area contributed by atoms with Gasteiger partial charge in [-0.2, -0.15) is 0 Å². The van der Waals surface area contributed by atoms with Crippen LogP contribution in [-0.2, 0) is 0 Å². The van der Waals surface area contributed by atoms with Crippen LogP contribution in [0.3, 0.4) is 0 Å². The molecule has 1 unspecified atom stereocenters. The van der Waals surface area contributed by atoms with Gasteiger partial charge in [-0.25, -0.2) is 9.78 Å². The number of amides is 3. The van der Waals surface area contributed by atoms with E-state index in [0.29, 0.717) is 36.2 Å². The maximum atomic E-state index is 12.6. The van der Waals surface area contributed by atoms with Crippen LogP contribution in [0.5, 0.6) is 0 Å². The minimum atomic E-state index is -0.104. The first-order chi connectivity index (χ1) is 10.1. The Morgan fingerprint density at radius 1 is 1.57 bits per heavy atom. The van der Waals surface area contributed by atoms with Crippen molar-refractivity contribution in [2.75, 3.05) is 43.8 Å². The van der Waals surface area contributed by atoms with E-state index in [0.717, 1.165) is 6.54 Å². The van der Waals surface area contributed by atoms with Gasteiger partial charge in [-0.3, -0.25) is 4.79 Å². The van der Waals surface area contributed by atoms with Crippen LogP contribution in [0.1, 0.15) is 16.6 Å². The summed E-state index contributed by atoms with van der Waals surface area (Å²) in [4.78, 5) is 32.3. The third-order valence-corrected chi connectivity index (χ3v) is 4.71. The number of nitrogens with two attached hydrogens (primary N) is 1. The lowest BCUT2D eigenvalue weighted by Gasteiger charge is -2.36. The number of carbonyl (C=O) groups excluding carboxylic acids is 2. The lowest BCUT2D eigenvalue weighted by atomic mass is 10.2. The van der Waals surface area contributed by atoms with Crippen LogP contribution >= 0.6 is 11.3 Å². The van der Waals surface area contributed by atoms with Crippen molar-refractivity contribution >= 4 is 34.2 Å². The number of piperazine rings is 1. The molecule has 0 bridgehead atoms. The number of nitrogen functional groups attached to an aromatic ring is 1. The topological polar surface area (TPSA) is 104 Å². The number of hydrogen-bond acceptors (Lipinski definition) is 6. The van der Waals surface area contributed by atoms with Crippen molar-refractivity contribution in [2.45, 2.75) is 13.0 Å². The molecule has 0 saturated carbocycles. The summed E-state index contributed by atoms with van der Waals surface area (Å²) < 4.78 is 0. The molecule has 0 spiro atoms. The Bertz CT molecular complexity index is 574. The van der Waals surface area contributed by atoms with Crippen molar-refractivity contribution in [3.05, 3.63) is 4.88 Å². The highest BCUT2D eigenvalue weighted by molar-refractivity contribution is 7.18. The van der Waals surface area contributed by atoms with Gasteiger partial charge >= 0.3 is 6.03 Å². The third-order valence-electron chi connectivity index (χ3n) is 3.70. The van der Waals surface area contributed by atoms with Crippen LogP contribution in [0.15, 0.2) is 0 Å². The van der Waals surface area contributed by atoms with E-state index < -0.39 is 0 Å². The van der Waals surface area contributed by atoms with Crippen LogP contribution in [-0.4, -0.2) is 65.5 Å². The van der Waals surface area contributed by atoms with Gasteiger partial charge in [0.2, 0.25) is 0 Å². The molecule has 2 aliphatic heterocycles. The normalized spacial score (nSPS) is 21.2. The predicted octanol–water partition coefficient (Wildman–Crippen LogP) is 0.00670. The third kappa shape index (κ3) is 2.48. The lowest BCUT2D eigenvalue weighted by molar-refractivity contribution is 0.0622. The number of hydrogen-bond donors (Lipinski definition) is 3. The molecular formula is C12H18N6O2S. The number of urea groups is 1. The fraction of sp³-hybridized carbons (Fsp3) is 0.583. The van der Waals surface area contributed by atoms with E-state index in [1.165, 1.54) is 11.3 Å². The maximum Gasteiger partial charge on any atom is 0.317 e. The summed E-state index contributed by atoms with van der Waals surface area (Å²) in [5, 5.41) is 6.52. The second-order valence-electron chi connectivity index (χ2n) is 5.05. The van der Waals surface area contributed by atoms with E-state index in [4.69, 9.17) is 5.73 Å². The predicted molar refractivity (Wildman–Crippen MR) is 80.5 cm³/mol. The molecule has 1 aromatic rings. The minimum Gasteiger partial charge on any atom is -0.382 e. The quantitative estimate of drug-likeness (QED) is 0.729. The molecule has 3 amide bonds. The molecule has 2 fully saturated rings. The van der Waals surface area contributed by atoms with Crippen LogP contribution < -0.4 is 16.4 Å². The van der Waals surface area contributed by atoms with Crippen LogP contribution in [0.4, 0.5) is 15.7 Å². The number of anilines is 2. The average Bonchev–Trinajstić information content (AvgIpc) is 3.02. The molecule has 8 nitrogen and oxygen atoms in total. The molecule has 3 heterocycles. The fourth-order valence-electron chi connectivity index (χ4n) is 2.64. The van der Waals surface area contributed by atoms with Gasteiger partial charge in [0.15, 0.2) is 5.13 Å². The summed E-state index contributed by atoms with van der Waals surface area (Å²) >= 11 is 1.28. The highest BCUT2D eigenvalue weighted by Crippen LogP contribution is 2.27. The van der Waals surface area contributed by atoms with Gasteiger partial charge in [0.25, 0.3) is 5.91 Å². The monoisotopic (exact) mass is 310 g/mol. The second kappa shape index (κ2) is 5.40. The van der Waals surface area contributed by atoms with Crippen LogP contribution in [0.2, 0.25) is 0 Å². The van der Waals surface area contributed by atoms with E-state index in [-0.39, 0.29) is 23.8 Å². The van der Waals surface area contributed by atoms with Gasteiger partial charge in [-0.1, -0.05) is 11.3 Å². The van der Waals surface area contributed by atoms with Gasteiger partial charge in [0, 0.05) is 32.7 Å². The first kappa shape index (κ1) is 13.9. The first-order valence-electron chi connectivity index (χ1n) is 6.94. The molecule has 21 heavy (non-hydrogen) atoms. The maximum absolute atomic E-state index is 12.6. The number of nitrogens with zero attached hydrogens (tertiary/aromatic N) is 3. The first-order valence-corrected chi connectivity index (χ1v) is 7.75. The van der Waals surface area contributed by atoms with Crippen molar-refractivity contribution in [3.8, 4) is 0 Å². The zero-order valence-corrected chi connectivity index (χ0v) is 12.6. The average molecular weight is 310 g/mol. The standard InChI is InChI=1S/C12H18N6O2S/c1-2-14-11-16-9(13)8(21-11)10(19)17-3-4-18-7(6-17)5-15-12(18)20/h7H,2-6,13H2,1H3,(H,14,16)(H,15,20). The van der Waals surface area contributed by atoms with Crippen molar-refractivity contribution in [1.82, 2.24) is 20.1 Å². The number of carbonyl (C=O) groups is 2. The van der Waals surface area contributed by atoms with E-state index in [1.807, 2.05) is 6.92 Å². The molecule has 114 valence electrons. The number of thiazole rings is 1. The van der Waals surface area contributed by atoms with Crippen LogP contribution in [0.25, 0.3) is 0 Å². The summed E-state index contributed by atoms with van der Waals surface area (Å²) in [6, 6.07) is 0.0106. The van der Waals surface area contributed by atoms with Crippen molar-refractivity contribution in [1.29, 1.82) is 0 Å². The smallest absolute Gasteiger partial charge is 0.317 e. The molecule has 9 heteroatoms. The van der Waals surface area contributed by atoms with E-state index >= 15 is 0 Å². The number of aromatic nitrogens is 1. The SMILES string of the molecule is CCNc1nc(N)c(C(=O)N2CCN3C(=O)NCC3C2)s1. The molecule has 0 aromatic carbocycles. The Morgan fingerprint density at radius 3 is 3.14 bits per heavy atom. The zero-order valence-electron chi connectivity index (χ0n) is 11.8. The molecule has 1 aromatic heterocycles. The van der Waals surface area contributed by atoms with Crippen molar-refractivity contribution in [3.63, 3.8) is 0 Å². The van der Waals surface area contributed by atoms with Crippen molar-refractivity contribution < 1.29 is 9.59 Å². The van der Waals surface area contributed by atoms with Gasteiger partial charge in [-0.15, -0.1) is 0 Å². The Kier molecular flexibility index (Phi) is 3.58. The van der Waals surface area contributed by atoms with Gasteiger partial charge in [-0.05, 0) is 6.92 Å². The molecule has 2 aliphatic rings. The van der Waals surface area contributed by atoms with Crippen molar-refractivity contribution in [2.24, 2.45) is 0 Å². The molecule has 2 saturated heterocycles. The molecule has 3 rings (SSSR count). The highest BCUT2D eigenvalue weighted by atomic mass is 32.1. The van der Waals surface area contributed by atoms with Gasteiger partial charge in [0.05, 0.1) is 6.04 Å². The molecule has 1 atom stereocenters. The zero-order chi connectivity index (χ0) is 15.0. The van der Waals surface area contributed by atoms with E-state index in [9.17, 15) is 9.59 Å². The Morgan fingerprint density at radius 2 is 2.38 bits per heavy atom. The second-order valence-corrected chi connectivity index (χ2v) is 6.05. The molecule has 0 radical (unpaired) electrons. The Labute approximate surface area is 126 Å². The summed E-state index contributed by atoms with van der Waals surface area (Å²) in [5.74, 6) is 0.164. The fourth-order valence-corrected chi connectivity index (χ4v) is 3.56. The summed E-state index contributed by atoms with van der Waals surface area (Å²) in [6.07, 6.45) is 0. The summed E-state index contributed by atoms with van der Waals surface area (Å²) in [7, 11) is 0. The van der Waals surface area contributed by atoms with E-state index in [2.05, 4.69) is 15.6 Å². The van der Waals surface area contributed by atoms with E-state index in [1.54, 1.807) is 9.80 Å². The van der Waals surface area contributed by atoms with Gasteiger partial charge < -0.3 is 26.2 Å². The Hall–Kier alpha value is -2.03. The molecular weight excluding hydrogens is 292 g/mol. The molecule has 4 N–H and O–H groups in total. The summed E-state index contributed by atoms with van der Waals surface area (Å²) in [6.45, 7) is 4.89. The summed E-state index contributed by atoms with van der Waals surface area (Å²) in [5.41, 5.74) is 5.84. The lowest BCUT2D eigenvalue weighted by Crippen LogP contribution is -2.53.